The van der Waals surface area contributed by atoms with Gasteiger partial charge in [-0.2, -0.15) is 0 Å². The van der Waals surface area contributed by atoms with Crippen LogP contribution in [0.4, 0.5) is 0 Å². The smallest absolute Gasteiger partial charge is 0.237 e. The molecule has 2 N–H and O–H groups in total. The number of hydrogen-bond acceptors (Lipinski definition) is 3. The first kappa shape index (κ1) is 14.6. The lowest BCUT2D eigenvalue weighted by atomic mass is 9.98. The molecule has 0 spiro atoms. The summed E-state index contributed by atoms with van der Waals surface area (Å²) in [4.78, 5) is 11.8. The summed E-state index contributed by atoms with van der Waals surface area (Å²) in [7, 11) is 1.66. The molecule has 4 heteroatoms. The van der Waals surface area contributed by atoms with E-state index in [1.165, 1.54) is 0 Å². The van der Waals surface area contributed by atoms with Crippen molar-refractivity contribution in [3.8, 4) is 16.9 Å². The van der Waals surface area contributed by atoms with Crippen molar-refractivity contribution in [1.82, 2.24) is 10.6 Å². The average molecular weight is 296 g/mol. The van der Waals surface area contributed by atoms with Gasteiger partial charge < -0.3 is 15.4 Å². The number of carbonyl (C=O) groups is 1. The van der Waals surface area contributed by atoms with Crippen LogP contribution in [0.2, 0.25) is 0 Å². The number of methoxy groups -OCH3 is 1. The fourth-order valence-corrected chi connectivity index (χ4v) is 2.71. The summed E-state index contributed by atoms with van der Waals surface area (Å²) in [5.41, 5.74) is 3.45. The first-order valence-corrected chi connectivity index (χ1v) is 7.51. The molecule has 3 rings (SSSR count). The third-order valence-corrected chi connectivity index (χ3v) is 3.92. The van der Waals surface area contributed by atoms with Crippen LogP contribution in [0.25, 0.3) is 11.1 Å². The minimum Gasteiger partial charge on any atom is -0.497 e. The van der Waals surface area contributed by atoms with Crippen molar-refractivity contribution in [2.45, 2.75) is 12.5 Å². The van der Waals surface area contributed by atoms with Crippen molar-refractivity contribution in [3.63, 3.8) is 0 Å². The number of hydrogen-bond donors (Lipinski definition) is 2. The van der Waals surface area contributed by atoms with Crippen LogP contribution >= 0.6 is 0 Å². The number of rotatable bonds is 4. The van der Waals surface area contributed by atoms with Crippen LogP contribution in [0.1, 0.15) is 5.56 Å². The van der Waals surface area contributed by atoms with E-state index in [-0.39, 0.29) is 11.9 Å². The summed E-state index contributed by atoms with van der Waals surface area (Å²) < 4.78 is 5.19. The van der Waals surface area contributed by atoms with Gasteiger partial charge in [-0.25, -0.2) is 0 Å². The van der Waals surface area contributed by atoms with Gasteiger partial charge in [0.25, 0.3) is 0 Å². The maximum atomic E-state index is 11.8. The molecule has 2 aromatic carbocycles. The lowest BCUT2D eigenvalue weighted by molar-refractivity contribution is -0.124. The summed E-state index contributed by atoms with van der Waals surface area (Å²) in [5.74, 6) is 0.934. The molecule has 0 saturated carbocycles. The van der Waals surface area contributed by atoms with Crippen LogP contribution in [0.5, 0.6) is 5.75 Å². The van der Waals surface area contributed by atoms with Crippen molar-refractivity contribution in [2.24, 2.45) is 0 Å². The molecule has 1 heterocycles. The van der Waals surface area contributed by atoms with Crippen molar-refractivity contribution >= 4 is 5.91 Å². The summed E-state index contributed by atoms with van der Waals surface area (Å²) in [6.45, 7) is 1.54. The Kier molecular flexibility index (Phi) is 4.39. The molecule has 114 valence electrons. The van der Waals surface area contributed by atoms with Crippen LogP contribution in [-0.2, 0) is 11.2 Å². The standard InChI is InChI=1S/C18H20N2O2/c1-22-16-7-5-14(6-8-16)15-4-2-3-13(11-15)12-17-18(21)20-10-9-19-17/h2-8,11,17,19H,9-10,12H2,1H3,(H,20,21)/t17-/m1/s1. The number of benzene rings is 2. The molecule has 22 heavy (non-hydrogen) atoms. The highest BCUT2D eigenvalue weighted by molar-refractivity contribution is 5.82. The van der Waals surface area contributed by atoms with Crippen molar-refractivity contribution in [3.05, 3.63) is 54.1 Å². The fraction of sp³-hybridized carbons (Fsp3) is 0.278. The fourth-order valence-electron chi connectivity index (χ4n) is 2.71. The van der Waals surface area contributed by atoms with Gasteiger partial charge in [0.2, 0.25) is 5.91 Å². The Bertz CT molecular complexity index is 652. The maximum Gasteiger partial charge on any atom is 0.237 e. The molecule has 0 aromatic heterocycles. The first-order valence-electron chi connectivity index (χ1n) is 7.51. The second-order valence-corrected chi connectivity index (χ2v) is 5.43. The molecule has 4 nitrogen and oxygen atoms in total. The summed E-state index contributed by atoms with van der Waals surface area (Å²) >= 11 is 0. The van der Waals surface area contributed by atoms with E-state index in [2.05, 4.69) is 28.8 Å². The molecule has 0 unspecified atom stereocenters. The van der Waals surface area contributed by atoms with E-state index in [0.717, 1.165) is 29.0 Å². The van der Waals surface area contributed by atoms with Crippen LogP contribution in [-0.4, -0.2) is 32.1 Å². The van der Waals surface area contributed by atoms with Crippen molar-refractivity contribution in [2.75, 3.05) is 20.2 Å². The largest absolute Gasteiger partial charge is 0.497 e. The lowest BCUT2D eigenvalue weighted by Crippen LogP contribution is -2.53. The molecule has 0 aliphatic carbocycles. The monoisotopic (exact) mass is 296 g/mol. The molecule has 0 bridgehead atoms. The Balaban J connectivity index is 1.78. The summed E-state index contributed by atoms with van der Waals surface area (Å²) in [6.07, 6.45) is 0.704. The van der Waals surface area contributed by atoms with Gasteiger partial charge in [-0.3, -0.25) is 4.79 Å². The van der Waals surface area contributed by atoms with E-state index in [1.807, 2.05) is 30.3 Å². The van der Waals surface area contributed by atoms with E-state index < -0.39 is 0 Å². The van der Waals surface area contributed by atoms with Gasteiger partial charge in [-0.1, -0.05) is 36.4 Å². The van der Waals surface area contributed by atoms with E-state index in [1.54, 1.807) is 7.11 Å². The predicted molar refractivity (Wildman–Crippen MR) is 86.9 cm³/mol. The highest BCUT2D eigenvalue weighted by Gasteiger charge is 2.21. The van der Waals surface area contributed by atoms with E-state index in [4.69, 9.17) is 4.74 Å². The Morgan fingerprint density at radius 1 is 1.09 bits per heavy atom. The van der Waals surface area contributed by atoms with Crippen LogP contribution in [0, 0.1) is 0 Å². The highest BCUT2D eigenvalue weighted by atomic mass is 16.5. The van der Waals surface area contributed by atoms with Crippen LogP contribution in [0.15, 0.2) is 48.5 Å². The molecule has 1 aliphatic rings. The van der Waals surface area contributed by atoms with Crippen LogP contribution in [0.3, 0.4) is 0 Å². The topological polar surface area (TPSA) is 50.4 Å². The van der Waals surface area contributed by atoms with Crippen molar-refractivity contribution in [1.29, 1.82) is 0 Å². The third kappa shape index (κ3) is 3.28. The number of nitrogens with one attached hydrogen (secondary N) is 2. The molecule has 1 fully saturated rings. The Morgan fingerprint density at radius 2 is 1.91 bits per heavy atom. The number of amides is 1. The second kappa shape index (κ2) is 6.62. The molecule has 1 amide bonds. The van der Waals surface area contributed by atoms with Gasteiger partial charge >= 0.3 is 0 Å². The van der Waals surface area contributed by atoms with Gasteiger partial charge in [-0.15, -0.1) is 0 Å². The quantitative estimate of drug-likeness (QED) is 0.907. The molecular formula is C18H20N2O2. The first-order chi connectivity index (χ1) is 10.8. The lowest BCUT2D eigenvalue weighted by Gasteiger charge is -2.23. The highest BCUT2D eigenvalue weighted by Crippen LogP contribution is 2.23. The predicted octanol–water partition coefficient (Wildman–Crippen LogP) is 1.99. The molecule has 1 atom stereocenters. The van der Waals surface area contributed by atoms with Gasteiger partial charge in [0.15, 0.2) is 0 Å². The van der Waals surface area contributed by atoms with E-state index >= 15 is 0 Å². The molecule has 0 radical (unpaired) electrons. The van der Waals surface area contributed by atoms with Crippen molar-refractivity contribution < 1.29 is 9.53 Å². The maximum absolute atomic E-state index is 11.8. The van der Waals surface area contributed by atoms with E-state index in [0.29, 0.717) is 13.0 Å². The normalized spacial score (nSPS) is 17.9. The van der Waals surface area contributed by atoms with Gasteiger partial charge in [0.05, 0.1) is 13.2 Å². The van der Waals surface area contributed by atoms with E-state index in [9.17, 15) is 4.79 Å². The molecule has 1 saturated heterocycles. The zero-order chi connectivity index (χ0) is 15.4. The SMILES string of the molecule is COc1ccc(-c2cccc(C[C@H]3NCCNC3=O)c2)cc1. The minimum absolute atomic E-state index is 0.0844. The molecule has 1 aliphatic heterocycles. The molecule has 2 aromatic rings. The van der Waals surface area contributed by atoms with Crippen LogP contribution < -0.4 is 15.4 Å². The number of ether oxygens (including phenoxy) is 1. The van der Waals surface area contributed by atoms with Gasteiger partial charge in [0, 0.05) is 13.1 Å². The van der Waals surface area contributed by atoms with Gasteiger partial charge in [0.1, 0.15) is 5.75 Å². The zero-order valence-corrected chi connectivity index (χ0v) is 12.6. The Hall–Kier alpha value is -2.33. The van der Waals surface area contributed by atoms with Gasteiger partial charge in [-0.05, 0) is 35.2 Å². The zero-order valence-electron chi connectivity index (χ0n) is 12.6. The molecular weight excluding hydrogens is 276 g/mol. The average Bonchev–Trinajstić information content (AvgIpc) is 2.57. The number of piperazine rings is 1. The summed E-state index contributed by atoms with van der Waals surface area (Å²) in [5, 5.41) is 6.16. The third-order valence-electron chi connectivity index (χ3n) is 3.92. The summed E-state index contributed by atoms with van der Waals surface area (Å²) in [6, 6.07) is 16.2. The Morgan fingerprint density at radius 3 is 2.64 bits per heavy atom. The Labute approximate surface area is 130 Å². The number of carbonyl (C=O) groups excluding carboxylic acids is 1. The second-order valence-electron chi connectivity index (χ2n) is 5.43. The minimum atomic E-state index is -0.139.